The average Bonchev–Trinajstić information content (AvgIpc) is 3.40. The Bertz CT molecular complexity index is 1100. The molecule has 1 aliphatic rings. The van der Waals surface area contributed by atoms with Crippen LogP contribution in [-0.4, -0.2) is 36.1 Å². The smallest absolute Gasteiger partial charge is 0.252 e. The number of rotatable bonds is 6. The van der Waals surface area contributed by atoms with Crippen LogP contribution in [0.15, 0.2) is 29.1 Å². The van der Waals surface area contributed by atoms with Gasteiger partial charge >= 0.3 is 0 Å². The quantitative estimate of drug-likeness (QED) is 0.634. The van der Waals surface area contributed by atoms with Crippen molar-refractivity contribution < 1.29 is 0 Å². The summed E-state index contributed by atoms with van der Waals surface area (Å²) in [6, 6.07) is 8.75. The molecule has 1 saturated carbocycles. The number of hydrogen-bond donors (Lipinski definition) is 1. The molecule has 1 N–H and O–H groups in total. The van der Waals surface area contributed by atoms with Crippen molar-refractivity contribution in [1.82, 2.24) is 30.1 Å². The van der Waals surface area contributed by atoms with Gasteiger partial charge in [-0.15, -0.1) is 5.10 Å². The fraction of sp³-hybridized carbons (Fsp3) is 0.583. The number of fused-ring (bicyclic) bond motifs is 1. The second-order valence-electron chi connectivity index (χ2n) is 9.87. The van der Waals surface area contributed by atoms with Crippen molar-refractivity contribution in [2.24, 2.45) is 0 Å². The highest BCUT2D eigenvalue weighted by Crippen LogP contribution is 2.34. The van der Waals surface area contributed by atoms with E-state index in [1.54, 1.807) is 0 Å². The van der Waals surface area contributed by atoms with Crippen LogP contribution in [0.1, 0.15) is 82.8 Å². The fourth-order valence-corrected chi connectivity index (χ4v) is 4.85. The first kappa shape index (κ1) is 21.7. The number of aromatic nitrogens is 5. The third-order valence-corrected chi connectivity index (χ3v) is 6.44. The molecular formula is C24H34N6O. The van der Waals surface area contributed by atoms with Crippen LogP contribution in [0.2, 0.25) is 0 Å². The number of nitrogens with one attached hydrogen (secondary N) is 1. The number of nitrogens with zero attached hydrogens (tertiary/aromatic N) is 5. The lowest BCUT2D eigenvalue weighted by Crippen LogP contribution is -2.40. The van der Waals surface area contributed by atoms with Crippen molar-refractivity contribution in [3.63, 3.8) is 0 Å². The minimum atomic E-state index is -0.202. The summed E-state index contributed by atoms with van der Waals surface area (Å²) in [5, 5.41) is 13.8. The number of hydrogen-bond acceptors (Lipinski definition) is 5. The van der Waals surface area contributed by atoms with Gasteiger partial charge in [0.1, 0.15) is 0 Å². The monoisotopic (exact) mass is 422 g/mol. The molecule has 0 amide bonds. The molecule has 0 aliphatic heterocycles. The minimum Gasteiger partial charge on any atom is -0.322 e. The molecule has 3 aromatic rings. The molecule has 166 valence electrons. The number of pyridine rings is 1. The highest BCUT2D eigenvalue weighted by Gasteiger charge is 2.34. The Balaban J connectivity index is 1.75. The molecule has 0 bridgehead atoms. The van der Waals surface area contributed by atoms with E-state index in [1.165, 1.54) is 12.8 Å². The van der Waals surface area contributed by atoms with Crippen molar-refractivity contribution in [3.8, 4) is 0 Å². The van der Waals surface area contributed by atoms with E-state index in [0.717, 1.165) is 47.1 Å². The van der Waals surface area contributed by atoms with Gasteiger partial charge in [0.05, 0.1) is 11.6 Å². The Morgan fingerprint density at radius 3 is 2.65 bits per heavy atom. The normalized spacial score (nSPS) is 16.5. The third-order valence-electron chi connectivity index (χ3n) is 6.44. The van der Waals surface area contributed by atoms with Crippen LogP contribution in [0.5, 0.6) is 0 Å². The number of aryl methyl sites for hydroxylation is 1. The molecule has 0 saturated heterocycles. The predicted molar refractivity (Wildman–Crippen MR) is 123 cm³/mol. The zero-order valence-corrected chi connectivity index (χ0v) is 19.4. The first-order chi connectivity index (χ1) is 14.8. The number of aromatic amines is 1. The van der Waals surface area contributed by atoms with E-state index in [2.05, 4.69) is 71.3 Å². The maximum Gasteiger partial charge on any atom is 0.252 e. The molecule has 2 heterocycles. The Hall–Kier alpha value is -2.54. The Kier molecular flexibility index (Phi) is 5.97. The lowest BCUT2D eigenvalue weighted by molar-refractivity contribution is 0.108. The van der Waals surface area contributed by atoms with Gasteiger partial charge in [0, 0.05) is 23.7 Å². The van der Waals surface area contributed by atoms with E-state index in [1.807, 2.05) is 17.7 Å². The molecule has 7 heteroatoms. The zero-order valence-electron chi connectivity index (χ0n) is 19.4. The van der Waals surface area contributed by atoms with Crippen LogP contribution in [0, 0.1) is 6.92 Å². The summed E-state index contributed by atoms with van der Waals surface area (Å²) in [6.07, 6.45) is 5.65. The first-order valence-corrected chi connectivity index (χ1v) is 11.4. The molecule has 31 heavy (non-hydrogen) atoms. The van der Waals surface area contributed by atoms with E-state index in [4.69, 9.17) is 0 Å². The standard InChI is InChI=1S/C24H34N6O/c1-6-21(22-26-27-28-30(22)24(3,4)5)29(19-9-7-8-10-19)15-18-14-17-12-11-16(2)13-20(17)25-23(18)31/h11-14,19,21H,6-10,15H2,1-5H3,(H,25,31). The summed E-state index contributed by atoms with van der Waals surface area (Å²) in [5.41, 5.74) is 2.63. The molecule has 4 rings (SSSR count). The van der Waals surface area contributed by atoms with Gasteiger partial charge in [-0.1, -0.05) is 31.9 Å². The molecular weight excluding hydrogens is 388 g/mol. The summed E-state index contributed by atoms with van der Waals surface area (Å²) in [5.74, 6) is 0.884. The molecule has 7 nitrogen and oxygen atoms in total. The number of H-pyrrole nitrogens is 1. The summed E-state index contributed by atoms with van der Waals surface area (Å²) < 4.78 is 1.94. The molecule has 1 aromatic carbocycles. The predicted octanol–water partition coefficient (Wildman–Crippen LogP) is 4.47. The molecule has 1 aliphatic carbocycles. The van der Waals surface area contributed by atoms with Gasteiger partial charge in [-0.05, 0) is 80.5 Å². The maximum absolute atomic E-state index is 13.0. The fourth-order valence-electron chi connectivity index (χ4n) is 4.85. The largest absolute Gasteiger partial charge is 0.322 e. The van der Waals surface area contributed by atoms with Gasteiger partial charge in [-0.2, -0.15) is 0 Å². The van der Waals surface area contributed by atoms with E-state index in [-0.39, 0.29) is 17.1 Å². The average molecular weight is 423 g/mol. The lowest BCUT2D eigenvalue weighted by atomic mass is 10.0. The van der Waals surface area contributed by atoms with E-state index in [0.29, 0.717) is 12.6 Å². The van der Waals surface area contributed by atoms with Gasteiger partial charge in [-0.3, -0.25) is 9.69 Å². The van der Waals surface area contributed by atoms with Crippen molar-refractivity contribution in [3.05, 3.63) is 51.6 Å². The number of tetrazole rings is 1. The summed E-state index contributed by atoms with van der Waals surface area (Å²) >= 11 is 0. The Morgan fingerprint density at radius 2 is 1.97 bits per heavy atom. The van der Waals surface area contributed by atoms with Crippen LogP contribution in [0.4, 0.5) is 0 Å². The Morgan fingerprint density at radius 1 is 1.23 bits per heavy atom. The minimum absolute atomic E-state index is 0.00800. The van der Waals surface area contributed by atoms with Crippen LogP contribution < -0.4 is 5.56 Å². The maximum atomic E-state index is 13.0. The second kappa shape index (κ2) is 8.54. The zero-order chi connectivity index (χ0) is 22.2. The van der Waals surface area contributed by atoms with E-state index in [9.17, 15) is 4.79 Å². The molecule has 2 aromatic heterocycles. The third kappa shape index (κ3) is 4.42. The molecule has 1 atom stereocenters. The molecule has 1 fully saturated rings. The summed E-state index contributed by atoms with van der Waals surface area (Å²) in [6.45, 7) is 11.2. The second-order valence-corrected chi connectivity index (χ2v) is 9.87. The van der Waals surface area contributed by atoms with Crippen molar-refractivity contribution in [1.29, 1.82) is 0 Å². The van der Waals surface area contributed by atoms with E-state index < -0.39 is 0 Å². The van der Waals surface area contributed by atoms with Gasteiger partial charge in [0.15, 0.2) is 5.82 Å². The van der Waals surface area contributed by atoms with Crippen LogP contribution in [0.3, 0.4) is 0 Å². The van der Waals surface area contributed by atoms with E-state index >= 15 is 0 Å². The lowest BCUT2D eigenvalue weighted by Gasteiger charge is -2.36. The van der Waals surface area contributed by atoms with Crippen LogP contribution in [-0.2, 0) is 12.1 Å². The van der Waals surface area contributed by atoms with Gasteiger partial charge in [0.2, 0.25) is 0 Å². The molecule has 1 unspecified atom stereocenters. The first-order valence-electron chi connectivity index (χ1n) is 11.4. The summed E-state index contributed by atoms with van der Waals surface area (Å²) in [7, 11) is 0. The summed E-state index contributed by atoms with van der Waals surface area (Å²) in [4.78, 5) is 18.6. The Labute approximate surface area is 183 Å². The SMILES string of the molecule is CCC(c1nnnn1C(C)(C)C)N(Cc1cc2ccc(C)cc2[nH]c1=O)C1CCCC1. The van der Waals surface area contributed by atoms with Crippen LogP contribution >= 0.6 is 0 Å². The molecule has 0 spiro atoms. The van der Waals surface area contributed by atoms with Crippen molar-refractivity contribution in [2.75, 3.05) is 0 Å². The highest BCUT2D eigenvalue weighted by atomic mass is 16.1. The van der Waals surface area contributed by atoms with Gasteiger partial charge < -0.3 is 4.98 Å². The molecule has 0 radical (unpaired) electrons. The number of benzene rings is 1. The van der Waals surface area contributed by atoms with Crippen molar-refractivity contribution in [2.45, 2.75) is 90.9 Å². The topological polar surface area (TPSA) is 79.7 Å². The van der Waals surface area contributed by atoms with Crippen molar-refractivity contribution >= 4 is 10.9 Å². The van der Waals surface area contributed by atoms with Gasteiger partial charge in [0.25, 0.3) is 5.56 Å². The van der Waals surface area contributed by atoms with Gasteiger partial charge in [-0.25, -0.2) is 4.68 Å². The highest BCUT2D eigenvalue weighted by molar-refractivity contribution is 5.79. The van der Waals surface area contributed by atoms with Crippen LogP contribution in [0.25, 0.3) is 10.9 Å².